The normalized spacial score (nSPS) is 32.0. The SMILES string of the molecule is CC(C)(C)[Si](C)(C)O[C@@H]1C[C@H]2OC(=O)[C@]1(C(=O)NCc1ccccc1)[C@H](O)[C@@H]2O. The molecule has 4 rings (SSSR count). The minimum Gasteiger partial charge on any atom is -0.458 e. The molecular formula is C21H31NO6Si. The maximum Gasteiger partial charge on any atom is 0.327 e. The molecule has 0 radical (unpaired) electrons. The minimum absolute atomic E-state index is 0.154. The van der Waals surface area contributed by atoms with Crippen molar-refractivity contribution in [2.75, 3.05) is 0 Å². The van der Waals surface area contributed by atoms with E-state index in [4.69, 9.17) is 9.16 Å². The van der Waals surface area contributed by atoms with Crippen LogP contribution in [-0.4, -0.2) is 54.8 Å². The first kappa shape index (κ1) is 22.0. The number of aliphatic hydroxyl groups is 2. The maximum atomic E-state index is 13.3. The van der Waals surface area contributed by atoms with Gasteiger partial charge in [-0.25, -0.2) is 0 Å². The van der Waals surface area contributed by atoms with Crippen LogP contribution in [0.25, 0.3) is 0 Å². The van der Waals surface area contributed by atoms with E-state index < -0.39 is 50.0 Å². The highest BCUT2D eigenvalue weighted by molar-refractivity contribution is 6.74. The molecule has 3 fully saturated rings. The zero-order valence-electron chi connectivity index (χ0n) is 17.6. The zero-order chi connectivity index (χ0) is 21.6. The van der Waals surface area contributed by atoms with Gasteiger partial charge in [0.2, 0.25) is 5.91 Å². The molecule has 3 aliphatic rings. The first-order valence-electron chi connectivity index (χ1n) is 9.98. The monoisotopic (exact) mass is 421 g/mol. The van der Waals surface area contributed by atoms with Crippen LogP contribution in [0.3, 0.4) is 0 Å². The minimum atomic E-state index is -2.37. The molecule has 2 aliphatic heterocycles. The van der Waals surface area contributed by atoms with Crippen LogP contribution < -0.4 is 5.32 Å². The van der Waals surface area contributed by atoms with Crippen molar-refractivity contribution in [2.45, 2.75) is 76.3 Å². The predicted octanol–water partition coefficient (Wildman–Crippen LogP) is 1.73. The molecule has 3 N–H and O–H groups in total. The van der Waals surface area contributed by atoms with Crippen molar-refractivity contribution in [2.24, 2.45) is 5.41 Å². The third kappa shape index (κ3) is 3.63. The van der Waals surface area contributed by atoms with Crippen molar-refractivity contribution < 1.29 is 29.0 Å². The van der Waals surface area contributed by atoms with Crippen LogP contribution in [0.1, 0.15) is 32.8 Å². The van der Waals surface area contributed by atoms with Crippen LogP contribution >= 0.6 is 0 Å². The quantitative estimate of drug-likeness (QED) is 0.380. The molecule has 29 heavy (non-hydrogen) atoms. The summed E-state index contributed by atoms with van der Waals surface area (Å²) in [5, 5.41) is 23.9. The van der Waals surface area contributed by atoms with Gasteiger partial charge in [-0.1, -0.05) is 51.1 Å². The molecule has 1 saturated carbocycles. The molecule has 0 spiro atoms. The Kier molecular flexibility index (Phi) is 5.68. The van der Waals surface area contributed by atoms with Crippen LogP contribution in [0.5, 0.6) is 0 Å². The van der Waals surface area contributed by atoms with E-state index in [9.17, 15) is 19.8 Å². The fourth-order valence-electron chi connectivity index (χ4n) is 3.78. The Morgan fingerprint density at radius 2 is 1.90 bits per heavy atom. The highest BCUT2D eigenvalue weighted by atomic mass is 28.4. The summed E-state index contributed by atoms with van der Waals surface area (Å²) in [4.78, 5) is 26.2. The van der Waals surface area contributed by atoms with Crippen molar-refractivity contribution in [1.82, 2.24) is 5.32 Å². The molecular weight excluding hydrogens is 390 g/mol. The number of fused-ring (bicyclic) bond motifs is 3. The Bertz CT molecular complexity index is 777. The van der Waals surface area contributed by atoms with Crippen LogP contribution in [-0.2, 0) is 25.3 Å². The van der Waals surface area contributed by atoms with Gasteiger partial charge in [0, 0.05) is 13.0 Å². The van der Waals surface area contributed by atoms with E-state index in [-0.39, 0.29) is 18.0 Å². The third-order valence-corrected chi connectivity index (χ3v) is 11.1. The van der Waals surface area contributed by atoms with E-state index in [0.717, 1.165) is 5.56 Å². The third-order valence-electron chi connectivity index (χ3n) is 6.64. The first-order valence-corrected chi connectivity index (χ1v) is 12.9. The van der Waals surface area contributed by atoms with E-state index in [1.807, 2.05) is 43.4 Å². The van der Waals surface area contributed by atoms with Gasteiger partial charge in [0.1, 0.15) is 18.3 Å². The van der Waals surface area contributed by atoms with Gasteiger partial charge in [-0.15, -0.1) is 0 Å². The number of esters is 1. The first-order chi connectivity index (χ1) is 13.4. The Morgan fingerprint density at radius 3 is 2.48 bits per heavy atom. The highest BCUT2D eigenvalue weighted by Crippen LogP contribution is 2.49. The number of hydrogen-bond donors (Lipinski definition) is 3. The van der Waals surface area contributed by atoms with Gasteiger partial charge in [0.05, 0.1) is 6.10 Å². The lowest BCUT2D eigenvalue weighted by Crippen LogP contribution is -2.75. The standard InChI is InChI=1S/C21H31NO6Si/c1-20(2,3)29(4,5)28-15-11-14-16(23)17(24)21(15,19(26)27-14)18(25)22-12-13-9-7-6-8-10-13/h6-10,14-17,23-24H,11-12H2,1-5H3,(H,22,25)/t14-,15-,16-,17-,21+/m1/s1. The van der Waals surface area contributed by atoms with Gasteiger partial charge >= 0.3 is 5.97 Å². The van der Waals surface area contributed by atoms with E-state index in [1.54, 1.807) is 0 Å². The van der Waals surface area contributed by atoms with Gasteiger partial charge in [-0.2, -0.15) is 0 Å². The molecule has 2 saturated heterocycles. The van der Waals surface area contributed by atoms with Crippen LogP contribution in [0.2, 0.25) is 18.1 Å². The molecule has 5 atom stereocenters. The molecule has 2 heterocycles. The lowest BCUT2D eigenvalue weighted by molar-refractivity contribution is -0.250. The average molecular weight is 422 g/mol. The molecule has 1 aromatic carbocycles. The summed E-state index contributed by atoms with van der Waals surface area (Å²) in [5.41, 5.74) is -1.13. The Morgan fingerprint density at radius 1 is 1.28 bits per heavy atom. The van der Waals surface area contributed by atoms with Gasteiger partial charge in [0.15, 0.2) is 13.7 Å². The van der Waals surface area contributed by atoms with E-state index in [2.05, 4.69) is 26.1 Å². The molecule has 2 bridgehead atoms. The fourth-order valence-corrected chi connectivity index (χ4v) is 5.12. The largest absolute Gasteiger partial charge is 0.458 e. The van der Waals surface area contributed by atoms with Gasteiger partial charge in [0.25, 0.3) is 0 Å². The molecule has 8 heteroatoms. The number of amides is 1. The second-order valence-electron chi connectivity index (χ2n) is 9.52. The molecule has 0 unspecified atom stereocenters. The van der Waals surface area contributed by atoms with Crippen LogP contribution in [0.15, 0.2) is 30.3 Å². The average Bonchev–Trinajstić information content (AvgIpc) is 2.63. The molecule has 1 amide bonds. The second-order valence-corrected chi connectivity index (χ2v) is 14.3. The van der Waals surface area contributed by atoms with E-state index in [0.29, 0.717) is 0 Å². The summed E-state index contributed by atoms with van der Waals surface area (Å²) in [6.07, 6.45) is -4.47. The Hall–Kier alpha value is -1.74. The number of carbonyl (C=O) groups excluding carboxylic acids is 2. The van der Waals surface area contributed by atoms with Crippen molar-refractivity contribution in [1.29, 1.82) is 0 Å². The van der Waals surface area contributed by atoms with Crippen molar-refractivity contribution in [3.63, 3.8) is 0 Å². The predicted molar refractivity (Wildman–Crippen MR) is 109 cm³/mol. The molecule has 1 aliphatic carbocycles. The van der Waals surface area contributed by atoms with E-state index in [1.165, 1.54) is 0 Å². The maximum absolute atomic E-state index is 13.3. The molecule has 7 nitrogen and oxygen atoms in total. The van der Waals surface area contributed by atoms with Crippen LogP contribution in [0, 0.1) is 5.41 Å². The number of aliphatic hydroxyl groups excluding tert-OH is 2. The van der Waals surface area contributed by atoms with Crippen LogP contribution in [0.4, 0.5) is 0 Å². The Labute approximate surface area is 172 Å². The number of benzene rings is 1. The van der Waals surface area contributed by atoms with E-state index >= 15 is 0 Å². The summed E-state index contributed by atoms with van der Waals surface area (Å²) < 4.78 is 11.7. The Balaban J connectivity index is 1.93. The van der Waals surface area contributed by atoms with Crippen molar-refractivity contribution >= 4 is 20.2 Å². The highest BCUT2D eigenvalue weighted by Gasteiger charge is 2.70. The van der Waals surface area contributed by atoms with Crippen molar-refractivity contribution in [3.8, 4) is 0 Å². The second kappa shape index (κ2) is 7.50. The summed E-state index contributed by atoms with van der Waals surface area (Å²) in [6.45, 7) is 10.4. The zero-order valence-corrected chi connectivity index (χ0v) is 18.6. The topological polar surface area (TPSA) is 105 Å². The summed E-state index contributed by atoms with van der Waals surface area (Å²) in [5.74, 6) is -1.51. The lowest BCUT2D eigenvalue weighted by atomic mass is 9.64. The van der Waals surface area contributed by atoms with Gasteiger partial charge < -0.3 is 24.7 Å². The van der Waals surface area contributed by atoms with Gasteiger partial charge in [-0.05, 0) is 23.7 Å². The smallest absolute Gasteiger partial charge is 0.327 e. The number of hydrogen-bond acceptors (Lipinski definition) is 6. The summed E-state index contributed by atoms with van der Waals surface area (Å²) in [7, 11) is -2.37. The van der Waals surface area contributed by atoms with Gasteiger partial charge in [-0.3, -0.25) is 9.59 Å². The summed E-state index contributed by atoms with van der Waals surface area (Å²) >= 11 is 0. The van der Waals surface area contributed by atoms with Crippen molar-refractivity contribution in [3.05, 3.63) is 35.9 Å². The number of carbonyl (C=O) groups is 2. The lowest BCUT2D eigenvalue weighted by Gasteiger charge is -2.55. The fraction of sp³-hybridized carbons (Fsp3) is 0.619. The number of nitrogens with one attached hydrogen (secondary N) is 1. The molecule has 1 aromatic rings. The number of rotatable bonds is 5. The number of ether oxygens (including phenoxy) is 1. The molecule has 0 aromatic heterocycles. The molecule has 160 valence electrons. The summed E-state index contributed by atoms with van der Waals surface area (Å²) in [6, 6.07) is 9.27.